The van der Waals surface area contributed by atoms with Gasteiger partial charge in [0, 0.05) is 31.6 Å². The maximum Gasteiger partial charge on any atom is 0.239 e. The standard InChI is InChI=1S/C11H19N3OS/c1-3-4-9(12)11(15)14(2)7-5-10-13-6-8-16-10/h6,8-9H,3-5,7,12H2,1-2H3. The topological polar surface area (TPSA) is 59.2 Å². The Morgan fingerprint density at radius 1 is 1.69 bits per heavy atom. The molecule has 0 aliphatic carbocycles. The van der Waals surface area contributed by atoms with Crippen LogP contribution >= 0.6 is 11.3 Å². The van der Waals surface area contributed by atoms with Crippen molar-refractivity contribution in [2.24, 2.45) is 5.73 Å². The van der Waals surface area contributed by atoms with Crippen LogP contribution in [-0.2, 0) is 11.2 Å². The highest BCUT2D eigenvalue weighted by atomic mass is 32.1. The second-order valence-electron chi connectivity index (χ2n) is 3.83. The molecule has 1 atom stereocenters. The largest absolute Gasteiger partial charge is 0.344 e. The summed E-state index contributed by atoms with van der Waals surface area (Å²) >= 11 is 1.61. The summed E-state index contributed by atoms with van der Waals surface area (Å²) in [5.74, 6) is 0.0263. The van der Waals surface area contributed by atoms with Gasteiger partial charge in [-0.1, -0.05) is 13.3 Å². The summed E-state index contributed by atoms with van der Waals surface area (Å²) in [6.45, 7) is 2.71. The lowest BCUT2D eigenvalue weighted by Crippen LogP contribution is -2.42. The third kappa shape index (κ3) is 3.90. The second kappa shape index (κ2) is 6.60. The lowest BCUT2D eigenvalue weighted by atomic mass is 10.1. The van der Waals surface area contributed by atoms with Gasteiger partial charge in [0.25, 0.3) is 0 Å². The molecule has 1 heterocycles. The first-order valence-corrected chi connectivity index (χ1v) is 6.42. The highest BCUT2D eigenvalue weighted by Crippen LogP contribution is 2.06. The summed E-state index contributed by atoms with van der Waals surface area (Å²) in [4.78, 5) is 17.7. The number of amides is 1. The van der Waals surface area contributed by atoms with Gasteiger partial charge in [0.15, 0.2) is 0 Å². The van der Waals surface area contributed by atoms with Crippen molar-refractivity contribution in [3.8, 4) is 0 Å². The van der Waals surface area contributed by atoms with E-state index in [1.54, 1.807) is 29.5 Å². The smallest absolute Gasteiger partial charge is 0.239 e. The van der Waals surface area contributed by atoms with Gasteiger partial charge >= 0.3 is 0 Å². The minimum Gasteiger partial charge on any atom is -0.344 e. The number of hydrogen-bond donors (Lipinski definition) is 1. The summed E-state index contributed by atoms with van der Waals surface area (Å²) < 4.78 is 0. The molecule has 0 aromatic carbocycles. The van der Waals surface area contributed by atoms with Gasteiger partial charge in [-0.3, -0.25) is 4.79 Å². The van der Waals surface area contributed by atoms with E-state index < -0.39 is 0 Å². The summed E-state index contributed by atoms with van der Waals surface area (Å²) in [6, 6.07) is -0.355. The Kier molecular flexibility index (Phi) is 5.42. The van der Waals surface area contributed by atoms with Crippen molar-refractivity contribution in [2.45, 2.75) is 32.2 Å². The average Bonchev–Trinajstić information content (AvgIpc) is 2.78. The molecular formula is C11H19N3OS. The van der Waals surface area contributed by atoms with Gasteiger partial charge in [0.2, 0.25) is 5.91 Å². The average molecular weight is 241 g/mol. The number of rotatable bonds is 6. The van der Waals surface area contributed by atoms with E-state index in [0.717, 1.165) is 24.3 Å². The molecule has 1 aromatic heterocycles. The molecule has 0 bridgehead atoms. The lowest BCUT2D eigenvalue weighted by molar-refractivity contribution is -0.131. The highest BCUT2D eigenvalue weighted by Gasteiger charge is 2.16. The van der Waals surface area contributed by atoms with Crippen molar-refractivity contribution >= 4 is 17.2 Å². The summed E-state index contributed by atoms with van der Waals surface area (Å²) in [5.41, 5.74) is 5.77. The van der Waals surface area contributed by atoms with E-state index in [9.17, 15) is 4.79 Å². The Balaban J connectivity index is 2.34. The third-order valence-corrected chi connectivity index (χ3v) is 3.28. The van der Waals surface area contributed by atoms with Gasteiger partial charge in [0.05, 0.1) is 11.0 Å². The first-order valence-electron chi connectivity index (χ1n) is 5.54. The fraction of sp³-hybridized carbons (Fsp3) is 0.636. The number of carbonyl (C=O) groups is 1. The van der Waals surface area contributed by atoms with Crippen molar-refractivity contribution < 1.29 is 4.79 Å². The van der Waals surface area contributed by atoms with E-state index in [0.29, 0.717) is 6.54 Å². The molecule has 4 nitrogen and oxygen atoms in total. The molecule has 90 valence electrons. The van der Waals surface area contributed by atoms with E-state index >= 15 is 0 Å². The van der Waals surface area contributed by atoms with Crippen molar-refractivity contribution in [1.29, 1.82) is 0 Å². The predicted molar refractivity (Wildman–Crippen MR) is 66.3 cm³/mol. The van der Waals surface area contributed by atoms with Gasteiger partial charge in [-0.2, -0.15) is 0 Å². The number of carbonyl (C=O) groups excluding carboxylic acids is 1. The summed E-state index contributed by atoms with van der Waals surface area (Å²) in [5, 5.41) is 3.00. The molecule has 5 heteroatoms. The molecule has 2 N–H and O–H groups in total. The van der Waals surface area contributed by atoms with Gasteiger partial charge in [-0.05, 0) is 6.42 Å². The molecule has 0 saturated carbocycles. The lowest BCUT2D eigenvalue weighted by Gasteiger charge is -2.20. The van der Waals surface area contributed by atoms with Crippen molar-refractivity contribution in [1.82, 2.24) is 9.88 Å². The van der Waals surface area contributed by atoms with Crippen molar-refractivity contribution in [3.63, 3.8) is 0 Å². The molecule has 0 fully saturated rings. The Morgan fingerprint density at radius 3 is 3.00 bits per heavy atom. The Hall–Kier alpha value is -0.940. The maximum absolute atomic E-state index is 11.8. The Morgan fingerprint density at radius 2 is 2.44 bits per heavy atom. The van der Waals surface area contributed by atoms with Crippen LogP contribution in [0.15, 0.2) is 11.6 Å². The molecule has 16 heavy (non-hydrogen) atoms. The molecule has 1 unspecified atom stereocenters. The Labute approximate surface area is 100 Å². The number of thiazole rings is 1. The van der Waals surface area contributed by atoms with E-state index in [4.69, 9.17) is 5.73 Å². The molecule has 0 aliphatic heterocycles. The van der Waals surface area contributed by atoms with E-state index in [2.05, 4.69) is 4.98 Å². The van der Waals surface area contributed by atoms with Gasteiger partial charge in [-0.25, -0.2) is 4.98 Å². The van der Waals surface area contributed by atoms with Gasteiger partial charge in [-0.15, -0.1) is 11.3 Å². The van der Waals surface area contributed by atoms with Crippen LogP contribution in [0.25, 0.3) is 0 Å². The minimum absolute atomic E-state index is 0.0263. The van der Waals surface area contributed by atoms with Crippen molar-refractivity contribution in [2.75, 3.05) is 13.6 Å². The maximum atomic E-state index is 11.8. The molecule has 1 aromatic rings. The molecule has 0 spiro atoms. The molecule has 1 amide bonds. The number of likely N-dealkylation sites (N-methyl/N-ethyl adjacent to an activating group) is 1. The van der Waals surface area contributed by atoms with Crippen LogP contribution in [0.4, 0.5) is 0 Å². The fourth-order valence-corrected chi connectivity index (χ4v) is 2.08. The molecule has 0 aliphatic rings. The molecule has 1 rings (SSSR count). The highest BCUT2D eigenvalue weighted by molar-refractivity contribution is 7.09. The predicted octanol–water partition coefficient (Wildman–Crippen LogP) is 1.27. The number of nitrogens with two attached hydrogens (primary N) is 1. The fourth-order valence-electron chi connectivity index (χ4n) is 1.47. The third-order valence-electron chi connectivity index (χ3n) is 2.44. The van der Waals surface area contributed by atoms with E-state index in [-0.39, 0.29) is 11.9 Å². The van der Waals surface area contributed by atoms with E-state index in [1.807, 2.05) is 12.3 Å². The van der Waals surface area contributed by atoms with Crippen LogP contribution < -0.4 is 5.73 Å². The molecular weight excluding hydrogens is 222 g/mol. The monoisotopic (exact) mass is 241 g/mol. The van der Waals surface area contributed by atoms with E-state index in [1.165, 1.54) is 0 Å². The van der Waals surface area contributed by atoms with Gasteiger partial charge in [0.1, 0.15) is 0 Å². The van der Waals surface area contributed by atoms with Crippen LogP contribution in [0.3, 0.4) is 0 Å². The zero-order valence-corrected chi connectivity index (χ0v) is 10.7. The SMILES string of the molecule is CCCC(N)C(=O)N(C)CCc1nccs1. The second-order valence-corrected chi connectivity index (χ2v) is 4.81. The van der Waals surface area contributed by atoms with Gasteiger partial charge < -0.3 is 10.6 Å². The first-order chi connectivity index (χ1) is 7.65. The Bertz CT molecular complexity index is 313. The summed E-state index contributed by atoms with van der Waals surface area (Å²) in [7, 11) is 1.80. The normalized spacial score (nSPS) is 12.4. The number of nitrogens with zero attached hydrogens (tertiary/aromatic N) is 2. The van der Waals surface area contributed by atoms with Crippen LogP contribution in [0.2, 0.25) is 0 Å². The zero-order valence-electron chi connectivity index (χ0n) is 9.85. The molecule has 0 saturated heterocycles. The van der Waals surface area contributed by atoms with Crippen LogP contribution in [0.1, 0.15) is 24.8 Å². The van der Waals surface area contributed by atoms with Crippen LogP contribution in [-0.4, -0.2) is 35.4 Å². The molecule has 0 radical (unpaired) electrons. The quantitative estimate of drug-likeness (QED) is 0.816. The summed E-state index contributed by atoms with van der Waals surface area (Å²) in [6.07, 6.45) is 4.27. The van der Waals surface area contributed by atoms with Crippen LogP contribution in [0, 0.1) is 0 Å². The number of hydrogen-bond acceptors (Lipinski definition) is 4. The van der Waals surface area contributed by atoms with Crippen molar-refractivity contribution in [3.05, 3.63) is 16.6 Å². The minimum atomic E-state index is -0.355. The zero-order chi connectivity index (χ0) is 12.0. The van der Waals surface area contributed by atoms with Crippen LogP contribution in [0.5, 0.6) is 0 Å². The number of aromatic nitrogens is 1. The first kappa shape index (κ1) is 13.1.